The van der Waals surface area contributed by atoms with E-state index >= 15 is 0 Å². The molecule has 17 heavy (non-hydrogen) atoms. The van der Waals surface area contributed by atoms with Gasteiger partial charge in [0.1, 0.15) is 11.5 Å². The Labute approximate surface area is 102 Å². The Bertz CT molecular complexity index is 435. The summed E-state index contributed by atoms with van der Waals surface area (Å²) in [6.45, 7) is 0.108. The molecule has 0 fully saturated rings. The third-order valence-electron chi connectivity index (χ3n) is 3.26. The lowest BCUT2D eigenvalue weighted by atomic mass is 9.86. The van der Waals surface area contributed by atoms with Gasteiger partial charge < -0.3 is 14.6 Å². The summed E-state index contributed by atoms with van der Waals surface area (Å²) in [5.74, 6) is 1.84. The van der Waals surface area contributed by atoms with Crippen LogP contribution in [-0.4, -0.2) is 25.9 Å². The van der Waals surface area contributed by atoms with Gasteiger partial charge in [0, 0.05) is 11.1 Å². The number of hydrogen-bond donors (Lipinski definition) is 1. The van der Waals surface area contributed by atoms with Gasteiger partial charge in [-0.05, 0) is 31.4 Å². The van der Waals surface area contributed by atoms with E-state index in [-0.39, 0.29) is 6.61 Å². The van der Waals surface area contributed by atoms with Crippen molar-refractivity contribution in [3.8, 4) is 11.5 Å². The van der Waals surface area contributed by atoms with E-state index in [0.717, 1.165) is 30.8 Å². The molecule has 2 rings (SSSR count). The molecule has 0 saturated heterocycles. The first-order chi connectivity index (χ1) is 8.30. The van der Waals surface area contributed by atoms with Crippen LogP contribution in [0.5, 0.6) is 11.5 Å². The summed E-state index contributed by atoms with van der Waals surface area (Å²) in [5.41, 5.74) is 3.70. The molecule has 1 N–H and O–H groups in total. The van der Waals surface area contributed by atoms with Crippen molar-refractivity contribution < 1.29 is 14.6 Å². The molecular weight excluding hydrogens is 216 g/mol. The lowest BCUT2D eigenvalue weighted by Crippen LogP contribution is -2.09. The second-order valence-corrected chi connectivity index (χ2v) is 4.15. The Morgan fingerprint density at radius 1 is 1.12 bits per heavy atom. The molecule has 0 amide bonds. The zero-order chi connectivity index (χ0) is 12.3. The molecule has 0 heterocycles. The fourth-order valence-electron chi connectivity index (χ4n) is 2.40. The van der Waals surface area contributed by atoms with Crippen molar-refractivity contribution in [2.45, 2.75) is 19.3 Å². The van der Waals surface area contributed by atoms with Crippen LogP contribution in [0.4, 0.5) is 0 Å². The quantitative estimate of drug-likeness (QED) is 0.814. The van der Waals surface area contributed by atoms with Crippen molar-refractivity contribution in [1.82, 2.24) is 0 Å². The summed E-state index contributed by atoms with van der Waals surface area (Å²) in [4.78, 5) is 0. The minimum atomic E-state index is 0.108. The van der Waals surface area contributed by atoms with Crippen LogP contribution in [0.25, 0.3) is 0 Å². The highest BCUT2D eigenvalue weighted by molar-refractivity contribution is 5.52. The molecule has 0 unspecified atom stereocenters. The highest BCUT2D eigenvalue weighted by Gasteiger charge is 2.20. The van der Waals surface area contributed by atoms with Gasteiger partial charge in [-0.2, -0.15) is 0 Å². The highest BCUT2D eigenvalue weighted by atomic mass is 16.5. The SMILES string of the molecule is COc1ccc(OC)c2c1CC/C(=C/CO)C2. The summed E-state index contributed by atoms with van der Waals surface area (Å²) in [6, 6.07) is 3.90. The van der Waals surface area contributed by atoms with Crippen molar-refractivity contribution in [1.29, 1.82) is 0 Å². The normalized spacial score (nSPS) is 16.8. The van der Waals surface area contributed by atoms with E-state index in [1.54, 1.807) is 14.2 Å². The van der Waals surface area contributed by atoms with Crippen molar-refractivity contribution in [3.05, 3.63) is 34.9 Å². The number of methoxy groups -OCH3 is 2. The number of aliphatic hydroxyl groups excluding tert-OH is 1. The molecule has 1 aliphatic carbocycles. The standard InChI is InChI=1S/C14H18O3/c1-16-13-5-6-14(17-2)12-9-10(7-8-15)3-4-11(12)13/h5-7,15H,3-4,8-9H2,1-2H3/b10-7-. The van der Waals surface area contributed by atoms with Crippen LogP contribution in [0.15, 0.2) is 23.8 Å². The first-order valence-electron chi connectivity index (χ1n) is 5.81. The Kier molecular flexibility index (Phi) is 3.69. The fourth-order valence-corrected chi connectivity index (χ4v) is 2.40. The number of benzene rings is 1. The predicted octanol–water partition coefficient (Wildman–Crippen LogP) is 2.11. The first kappa shape index (κ1) is 12.0. The summed E-state index contributed by atoms with van der Waals surface area (Å²) >= 11 is 0. The van der Waals surface area contributed by atoms with Gasteiger partial charge in [-0.1, -0.05) is 11.6 Å². The minimum absolute atomic E-state index is 0.108. The Morgan fingerprint density at radius 3 is 2.35 bits per heavy atom. The topological polar surface area (TPSA) is 38.7 Å². The average molecular weight is 234 g/mol. The second kappa shape index (κ2) is 5.23. The molecule has 0 bridgehead atoms. The Morgan fingerprint density at radius 2 is 1.76 bits per heavy atom. The zero-order valence-electron chi connectivity index (χ0n) is 10.3. The molecule has 0 spiro atoms. The monoisotopic (exact) mass is 234 g/mol. The molecule has 0 radical (unpaired) electrons. The second-order valence-electron chi connectivity index (χ2n) is 4.15. The van der Waals surface area contributed by atoms with Crippen molar-refractivity contribution >= 4 is 0 Å². The largest absolute Gasteiger partial charge is 0.496 e. The molecule has 0 atom stereocenters. The lowest BCUT2D eigenvalue weighted by Gasteiger charge is -2.23. The molecule has 92 valence electrons. The van der Waals surface area contributed by atoms with E-state index in [4.69, 9.17) is 14.6 Å². The van der Waals surface area contributed by atoms with Crippen molar-refractivity contribution in [2.24, 2.45) is 0 Å². The van der Waals surface area contributed by atoms with Gasteiger partial charge in [0.05, 0.1) is 20.8 Å². The van der Waals surface area contributed by atoms with Gasteiger partial charge in [-0.25, -0.2) is 0 Å². The van der Waals surface area contributed by atoms with Crippen LogP contribution >= 0.6 is 0 Å². The van der Waals surface area contributed by atoms with E-state index in [9.17, 15) is 0 Å². The third-order valence-corrected chi connectivity index (χ3v) is 3.26. The van der Waals surface area contributed by atoms with Gasteiger partial charge in [0.15, 0.2) is 0 Å². The van der Waals surface area contributed by atoms with Crippen LogP contribution in [-0.2, 0) is 12.8 Å². The summed E-state index contributed by atoms with van der Waals surface area (Å²) in [5, 5.41) is 8.96. The molecule has 3 nitrogen and oxygen atoms in total. The molecular formula is C14H18O3. The molecule has 1 aromatic carbocycles. The zero-order valence-corrected chi connectivity index (χ0v) is 10.3. The Balaban J connectivity index is 2.43. The number of allylic oxidation sites excluding steroid dienone is 1. The van der Waals surface area contributed by atoms with Crippen LogP contribution in [0.3, 0.4) is 0 Å². The summed E-state index contributed by atoms with van der Waals surface area (Å²) in [6.07, 6.45) is 4.66. The van der Waals surface area contributed by atoms with Gasteiger partial charge in [0.25, 0.3) is 0 Å². The predicted molar refractivity (Wildman–Crippen MR) is 66.7 cm³/mol. The van der Waals surface area contributed by atoms with Crippen molar-refractivity contribution in [3.63, 3.8) is 0 Å². The van der Waals surface area contributed by atoms with Crippen LogP contribution in [0.1, 0.15) is 17.5 Å². The third kappa shape index (κ3) is 2.29. The maximum atomic E-state index is 8.96. The van der Waals surface area contributed by atoms with Crippen LogP contribution in [0.2, 0.25) is 0 Å². The van der Waals surface area contributed by atoms with Crippen molar-refractivity contribution in [2.75, 3.05) is 20.8 Å². The van der Waals surface area contributed by atoms with E-state index in [1.165, 1.54) is 16.7 Å². The molecule has 0 aliphatic heterocycles. The smallest absolute Gasteiger partial charge is 0.122 e. The number of ether oxygens (including phenoxy) is 2. The number of rotatable bonds is 3. The van der Waals surface area contributed by atoms with Gasteiger partial charge >= 0.3 is 0 Å². The Hall–Kier alpha value is -1.48. The maximum absolute atomic E-state index is 8.96. The fraction of sp³-hybridized carbons (Fsp3) is 0.429. The van der Waals surface area contributed by atoms with E-state index in [2.05, 4.69) is 0 Å². The van der Waals surface area contributed by atoms with Gasteiger partial charge in [-0.15, -0.1) is 0 Å². The first-order valence-corrected chi connectivity index (χ1v) is 5.81. The maximum Gasteiger partial charge on any atom is 0.122 e. The van der Waals surface area contributed by atoms with Gasteiger partial charge in [-0.3, -0.25) is 0 Å². The van der Waals surface area contributed by atoms with E-state index < -0.39 is 0 Å². The molecule has 0 saturated carbocycles. The number of fused-ring (bicyclic) bond motifs is 1. The lowest BCUT2D eigenvalue weighted by molar-refractivity contribution is 0.341. The molecule has 1 aromatic rings. The molecule has 1 aliphatic rings. The summed E-state index contributed by atoms with van der Waals surface area (Å²) in [7, 11) is 3.38. The van der Waals surface area contributed by atoms with Gasteiger partial charge in [0.2, 0.25) is 0 Å². The van der Waals surface area contributed by atoms with Crippen LogP contribution in [0, 0.1) is 0 Å². The summed E-state index contributed by atoms with van der Waals surface area (Å²) < 4.78 is 10.8. The highest BCUT2D eigenvalue weighted by Crippen LogP contribution is 2.37. The molecule has 0 aromatic heterocycles. The minimum Gasteiger partial charge on any atom is -0.496 e. The molecule has 3 heteroatoms. The van der Waals surface area contributed by atoms with E-state index in [0.29, 0.717) is 0 Å². The van der Waals surface area contributed by atoms with Crippen LogP contribution < -0.4 is 9.47 Å². The number of hydrogen-bond acceptors (Lipinski definition) is 3. The van der Waals surface area contributed by atoms with E-state index in [1.807, 2.05) is 18.2 Å². The number of aliphatic hydroxyl groups is 1. The average Bonchev–Trinajstić information content (AvgIpc) is 2.37.